The molecule has 3 rings (SSSR count). The summed E-state index contributed by atoms with van der Waals surface area (Å²) in [5.74, 6) is 0. The first-order valence-electron chi connectivity index (χ1n) is 5.22. The summed E-state index contributed by atoms with van der Waals surface area (Å²) in [5, 5.41) is 6.94. The number of anilines is 1. The topological polar surface area (TPSA) is 36.8 Å². The van der Waals surface area contributed by atoms with Crippen molar-refractivity contribution in [2.75, 3.05) is 5.32 Å². The molecule has 3 nitrogen and oxygen atoms in total. The Balaban J connectivity index is 1.90. The second kappa shape index (κ2) is 5.42. The van der Waals surface area contributed by atoms with Gasteiger partial charge in [0.05, 0.1) is 32.1 Å². The van der Waals surface area contributed by atoms with Crippen LogP contribution in [0.2, 0.25) is 15.1 Å². The Morgan fingerprint density at radius 1 is 1.05 bits per heavy atom. The molecule has 1 N–H and O–H groups in total. The van der Waals surface area contributed by atoms with Crippen LogP contribution in [0.1, 0.15) is 4.88 Å². The van der Waals surface area contributed by atoms with Crippen molar-refractivity contribution in [3.8, 4) is 0 Å². The van der Waals surface area contributed by atoms with Gasteiger partial charge >= 0.3 is 0 Å². The number of thiophene rings is 1. The average Bonchev–Trinajstić information content (AvgIpc) is 2.98. The maximum Gasteiger partial charge on any atom is 0.130 e. The van der Waals surface area contributed by atoms with E-state index < -0.39 is 0 Å². The van der Waals surface area contributed by atoms with E-state index in [1.54, 1.807) is 17.4 Å². The van der Waals surface area contributed by atoms with Crippen LogP contribution >= 0.6 is 46.1 Å². The number of hydrogen-bond acceptors (Lipinski definition) is 4. The van der Waals surface area contributed by atoms with E-state index >= 15 is 0 Å². The Morgan fingerprint density at radius 2 is 1.84 bits per heavy atom. The number of benzene rings is 1. The molecule has 0 spiro atoms. The fraction of sp³-hybridized carbons (Fsp3) is 0.0909. The van der Waals surface area contributed by atoms with E-state index in [0.29, 0.717) is 28.0 Å². The molecule has 0 fully saturated rings. The van der Waals surface area contributed by atoms with E-state index in [1.807, 2.05) is 11.4 Å². The summed E-state index contributed by atoms with van der Waals surface area (Å²) in [5.41, 5.74) is 2.12. The fourth-order valence-electron chi connectivity index (χ4n) is 1.66. The number of fused-ring (bicyclic) bond motifs is 1. The predicted molar refractivity (Wildman–Crippen MR) is 84.7 cm³/mol. The molecule has 1 aliphatic rings. The normalized spacial score (nSPS) is 12.4. The van der Waals surface area contributed by atoms with Gasteiger partial charge in [0, 0.05) is 16.8 Å². The molecule has 0 saturated heterocycles. The van der Waals surface area contributed by atoms with Crippen LogP contribution in [0.4, 0.5) is 17.1 Å². The zero-order valence-electron chi connectivity index (χ0n) is 9.28. The van der Waals surface area contributed by atoms with Gasteiger partial charge in [-0.15, -0.1) is 11.3 Å². The smallest absolute Gasteiger partial charge is 0.130 e. The highest BCUT2D eigenvalue weighted by molar-refractivity contribution is 7.58. The lowest BCUT2D eigenvalue weighted by Crippen LogP contribution is -1.98. The Kier molecular flexibility index (Phi) is 3.82. The molecular weight excluding hydrogens is 345 g/mol. The molecule has 0 radical (unpaired) electrons. The van der Waals surface area contributed by atoms with Crippen molar-refractivity contribution >= 4 is 74.6 Å². The monoisotopic (exact) mass is 349 g/mol. The van der Waals surface area contributed by atoms with E-state index in [2.05, 4.69) is 14.0 Å². The lowest BCUT2D eigenvalue weighted by Gasteiger charge is -2.11. The van der Waals surface area contributed by atoms with Crippen LogP contribution in [-0.2, 0) is 17.9 Å². The van der Waals surface area contributed by atoms with E-state index in [4.69, 9.17) is 34.8 Å². The fourth-order valence-corrected chi connectivity index (χ4v) is 3.86. The average molecular weight is 351 g/mol. The van der Waals surface area contributed by atoms with Crippen molar-refractivity contribution in [1.29, 1.82) is 0 Å². The highest BCUT2D eigenvalue weighted by atomic mass is 35.5. The summed E-state index contributed by atoms with van der Waals surface area (Å²) in [7, 11) is 0. The summed E-state index contributed by atoms with van der Waals surface area (Å²) in [6.07, 6.45) is 0. The van der Waals surface area contributed by atoms with Gasteiger partial charge < -0.3 is 5.32 Å². The lowest BCUT2D eigenvalue weighted by atomic mass is 10.2. The third-order valence-electron chi connectivity index (χ3n) is 2.50. The van der Waals surface area contributed by atoms with Crippen LogP contribution < -0.4 is 5.32 Å². The third kappa shape index (κ3) is 2.66. The van der Waals surface area contributed by atoms with Gasteiger partial charge in [-0.2, -0.15) is 8.73 Å². The molecule has 0 unspecified atom stereocenters. The number of hydrogen-bond donors (Lipinski definition) is 1. The molecule has 1 aliphatic heterocycles. The number of rotatable bonds is 3. The SMILES string of the molecule is Clc1csc(CNc2c(Cl)cc(Cl)c3c2N=S=N3)c1. The van der Waals surface area contributed by atoms with E-state index in [0.717, 1.165) is 26.9 Å². The van der Waals surface area contributed by atoms with Crippen molar-refractivity contribution in [3.05, 3.63) is 37.5 Å². The molecule has 19 heavy (non-hydrogen) atoms. The molecule has 98 valence electrons. The van der Waals surface area contributed by atoms with Crippen LogP contribution in [0.25, 0.3) is 0 Å². The second-order valence-corrected chi connectivity index (χ2v) is 6.54. The first-order valence-corrected chi connectivity index (χ1v) is 7.96. The summed E-state index contributed by atoms with van der Waals surface area (Å²) >= 11 is 20.9. The van der Waals surface area contributed by atoms with Gasteiger partial charge in [-0.3, -0.25) is 0 Å². The van der Waals surface area contributed by atoms with Gasteiger partial charge in [-0.1, -0.05) is 34.8 Å². The molecule has 2 heterocycles. The minimum atomic E-state index is 0.512. The molecule has 0 amide bonds. The van der Waals surface area contributed by atoms with Gasteiger partial charge in [0.25, 0.3) is 0 Å². The van der Waals surface area contributed by atoms with Crippen LogP contribution in [0.15, 0.2) is 26.2 Å². The zero-order chi connectivity index (χ0) is 13.4. The van der Waals surface area contributed by atoms with Crippen molar-refractivity contribution in [3.63, 3.8) is 0 Å². The molecular formula is C11H6Cl3N3S2. The van der Waals surface area contributed by atoms with Gasteiger partial charge in [-0.05, 0) is 12.1 Å². The first kappa shape index (κ1) is 13.4. The maximum absolute atomic E-state index is 6.20. The molecule has 0 aliphatic carbocycles. The Bertz CT molecular complexity index is 720. The third-order valence-corrected chi connectivity index (χ3v) is 4.90. The summed E-state index contributed by atoms with van der Waals surface area (Å²) in [6.45, 7) is 0.630. The van der Waals surface area contributed by atoms with Crippen molar-refractivity contribution in [2.24, 2.45) is 8.73 Å². The largest absolute Gasteiger partial charge is 0.377 e. The van der Waals surface area contributed by atoms with Crippen molar-refractivity contribution in [2.45, 2.75) is 6.54 Å². The van der Waals surface area contributed by atoms with Crippen LogP contribution in [0.3, 0.4) is 0 Å². The first-order chi connectivity index (χ1) is 9.15. The maximum atomic E-state index is 6.20. The highest BCUT2D eigenvalue weighted by Crippen LogP contribution is 2.47. The Morgan fingerprint density at radius 3 is 2.58 bits per heavy atom. The molecule has 8 heteroatoms. The van der Waals surface area contributed by atoms with Gasteiger partial charge in [-0.25, -0.2) is 0 Å². The van der Waals surface area contributed by atoms with E-state index in [-0.39, 0.29) is 0 Å². The summed E-state index contributed by atoms with van der Waals surface area (Å²) in [4.78, 5) is 1.12. The van der Waals surface area contributed by atoms with Gasteiger partial charge in [0.15, 0.2) is 0 Å². The molecule has 0 bridgehead atoms. The van der Waals surface area contributed by atoms with Crippen molar-refractivity contribution in [1.82, 2.24) is 0 Å². The molecule has 2 aromatic rings. The summed E-state index contributed by atoms with van der Waals surface area (Å²) < 4.78 is 8.39. The van der Waals surface area contributed by atoms with Crippen LogP contribution in [0.5, 0.6) is 0 Å². The summed E-state index contributed by atoms with van der Waals surface area (Å²) in [6, 6.07) is 3.59. The van der Waals surface area contributed by atoms with Crippen molar-refractivity contribution < 1.29 is 0 Å². The molecule has 1 aromatic carbocycles. The lowest BCUT2D eigenvalue weighted by molar-refractivity contribution is 1.19. The number of nitrogens with one attached hydrogen (secondary N) is 1. The number of halogens is 3. The quantitative estimate of drug-likeness (QED) is 0.613. The molecule has 0 atom stereocenters. The highest BCUT2D eigenvalue weighted by Gasteiger charge is 2.18. The standard InChI is InChI=1S/C11H6Cl3N3S2/c12-5-1-6(18-4-5)3-15-9-7(13)2-8(14)10-11(9)17-19-16-10/h1-2,4,15H,3H2. The Hall–Kier alpha value is -0.590. The minimum Gasteiger partial charge on any atom is -0.377 e. The second-order valence-electron chi connectivity index (χ2n) is 3.76. The van der Waals surface area contributed by atoms with Gasteiger partial charge in [0.1, 0.15) is 11.4 Å². The van der Waals surface area contributed by atoms with Crippen LogP contribution in [-0.4, -0.2) is 0 Å². The Labute approximate surface area is 132 Å². The van der Waals surface area contributed by atoms with Gasteiger partial charge in [0.2, 0.25) is 0 Å². The number of nitrogens with zero attached hydrogens (tertiary/aromatic N) is 2. The molecule has 1 aromatic heterocycles. The zero-order valence-corrected chi connectivity index (χ0v) is 13.2. The minimum absolute atomic E-state index is 0.512. The van der Waals surface area contributed by atoms with Crippen LogP contribution in [0, 0.1) is 0 Å². The predicted octanol–water partition coefficient (Wildman–Crippen LogP) is 6.05. The van der Waals surface area contributed by atoms with E-state index in [1.165, 1.54) is 0 Å². The molecule has 0 saturated carbocycles. The van der Waals surface area contributed by atoms with E-state index in [9.17, 15) is 0 Å².